The van der Waals surface area contributed by atoms with Gasteiger partial charge in [0.1, 0.15) is 11.6 Å². The zero-order valence-corrected chi connectivity index (χ0v) is 16.5. The number of urea groups is 1. The first-order valence-electron chi connectivity index (χ1n) is 9.36. The Bertz CT molecular complexity index is 716. The average molecular weight is 372 g/mol. The van der Waals surface area contributed by atoms with Gasteiger partial charge in [-0.3, -0.25) is 0 Å². The molecule has 0 heterocycles. The minimum absolute atomic E-state index is 0.112. The number of benzene rings is 2. The minimum atomic E-state index is -0.267. The van der Waals surface area contributed by atoms with Crippen molar-refractivity contribution >= 4 is 6.03 Å². The van der Waals surface area contributed by atoms with E-state index in [-0.39, 0.29) is 23.9 Å². The molecule has 4 nitrogen and oxygen atoms in total. The van der Waals surface area contributed by atoms with Crippen LogP contribution in [0.2, 0.25) is 0 Å². The quantitative estimate of drug-likeness (QED) is 0.712. The van der Waals surface area contributed by atoms with Gasteiger partial charge in [0.2, 0.25) is 0 Å². The van der Waals surface area contributed by atoms with Crippen molar-refractivity contribution in [2.45, 2.75) is 45.2 Å². The first-order valence-corrected chi connectivity index (χ1v) is 9.36. The molecule has 2 rings (SSSR count). The van der Waals surface area contributed by atoms with Gasteiger partial charge >= 0.3 is 6.03 Å². The molecular formula is C22H29FN2O2. The Kier molecular flexibility index (Phi) is 7.65. The van der Waals surface area contributed by atoms with Crippen molar-refractivity contribution in [3.8, 4) is 5.75 Å². The summed E-state index contributed by atoms with van der Waals surface area (Å²) in [6.07, 6.45) is 2.56. The summed E-state index contributed by atoms with van der Waals surface area (Å²) in [6.45, 7) is 4.16. The maximum absolute atomic E-state index is 13.2. The molecular weight excluding hydrogens is 343 g/mol. The molecule has 0 radical (unpaired) electrons. The van der Waals surface area contributed by atoms with Crippen LogP contribution >= 0.6 is 0 Å². The van der Waals surface area contributed by atoms with Gasteiger partial charge in [0.05, 0.1) is 13.2 Å². The molecule has 1 N–H and O–H groups in total. The predicted molar refractivity (Wildman–Crippen MR) is 107 cm³/mol. The molecule has 0 aliphatic heterocycles. The lowest BCUT2D eigenvalue weighted by Crippen LogP contribution is -2.44. The highest BCUT2D eigenvalue weighted by Gasteiger charge is 2.20. The largest absolute Gasteiger partial charge is 0.497 e. The zero-order valence-electron chi connectivity index (χ0n) is 16.5. The van der Waals surface area contributed by atoms with Crippen molar-refractivity contribution in [1.29, 1.82) is 0 Å². The molecule has 2 atom stereocenters. The molecule has 2 aromatic carbocycles. The molecule has 0 aromatic heterocycles. The van der Waals surface area contributed by atoms with Gasteiger partial charge in [0, 0.05) is 13.1 Å². The molecule has 27 heavy (non-hydrogen) atoms. The Morgan fingerprint density at radius 1 is 1.15 bits per heavy atom. The Labute approximate surface area is 161 Å². The summed E-state index contributed by atoms with van der Waals surface area (Å²) in [4.78, 5) is 14.5. The van der Waals surface area contributed by atoms with E-state index in [1.54, 1.807) is 24.1 Å². The highest BCUT2D eigenvalue weighted by molar-refractivity contribution is 5.74. The SMILES string of the molecule is CCC[C@H](C)N(C)C(=O)N[C@@H](Cc1ccc(F)cc1)c1ccc(OC)cc1. The normalized spacial score (nSPS) is 12.9. The number of nitrogens with one attached hydrogen (secondary N) is 1. The standard InChI is InChI=1S/C22H29FN2O2/c1-5-6-16(2)25(3)22(26)24-21(15-17-7-11-19(23)12-8-17)18-9-13-20(27-4)14-10-18/h7-14,16,21H,5-6,15H2,1-4H3,(H,24,26)/t16-,21-/m0/s1. The fourth-order valence-corrected chi connectivity index (χ4v) is 3.01. The number of ether oxygens (including phenoxy) is 1. The molecule has 0 saturated heterocycles. The molecule has 0 saturated carbocycles. The molecule has 146 valence electrons. The third-order valence-electron chi connectivity index (χ3n) is 4.86. The average Bonchev–Trinajstić information content (AvgIpc) is 2.68. The van der Waals surface area contributed by atoms with Crippen LogP contribution in [0.3, 0.4) is 0 Å². The van der Waals surface area contributed by atoms with Crippen LogP contribution in [-0.4, -0.2) is 31.1 Å². The van der Waals surface area contributed by atoms with Gasteiger partial charge < -0.3 is 15.0 Å². The van der Waals surface area contributed by atoms with E-state index in [0.717, 1.165) is 29.7 Å². The van der Waals surface area contributed by atoms with E-state index >= 15 is 0 Å². The van der Waals surface area contributed by atoms with E-state index in [4.69, 9.17) is 4.74 Å². The summed E-state index contributed by atoms with van der Waals surface area (Å²) in [7, 11) is 3.44. The monoisotopic (exact) mass is 372 g/mol. The summed E-state index contributed by atoms with van der Waals surface area (Å²) < 4.78 is 18.4. The summed E-state index contributed by atoms with van der Waals surface area (Å²) in [5, 5.41) is 3.13. The number of halogens is 1. The molecule has 2 aromatic rings. The number of carbonyl (C=O) groups excluding carboxylic acids is 1. The molecule has 0 aliphatic rings. The van der Waals surface area contributed by atoms with Crippen LogP contribution < -0.4 is 10.1 Å². The summed E-state index contributed by atoms with van der Waals surface area (Å²) in [6, 6.07) is 13.9. The van der Waals surface area contributed by atoms with E-state index in [1.165, 1.54) is 12.1 Å². The molecule has 0 unspecified atom stereocenters. The number of amides is 2. The third-order valence-corrected chi connectivity index (χ3v) is 4.86. The minimum Gasteiger partial charge on any atom is -0.497 e. The number of hydrogen-bond donors (Lipinski definition) is 1. The smallest absolute Gasteiger partial charge is 0.317 e. The van der Waals surface area contributed by atoms with Crippen molar-refractivity contribution in [1.82, 2.24) is 10.2 Å². The van der Waals surface area contributed by atoms with Crippen molar-refractivity contribution < 1.29 is 13.9 Å². The van der Waals surface area contributed by atoms with Gasteiger partial charge in [-0.25, -0.2) is 9.18 Å². The fourth-order valence-electron chi connectivity index (χ4n) is 3.01. The van der Waals surface area contributed by atoms with Crippen LogP contribution in [0.25, 0.3) is 0 Å². The van der Waals surface area contributed by atoms with Crippen LogP contribution in [0.4, 0.5) is 9.18 Å². The number of carbonyl (C=O) groups is 1. The lowest BCUT2D eigenvalue weighted by molar-refractivity contribution is 0.187. The van der Waals surface area contributed by atoms with Gasteiger partial charge in [-0.1, -0.05) is 37.6 Å². The Morgan fingerprint density at radius 2 is 1.78 bits per heavy atom. The molecule has 0 aliphatic carbocycles. The van der Waals surface area contributed by atoms with E-state index in [0.29, 0.717) is 6.42 Å². The second-order valence-electron chi connectivity index (χ2n) is 6.85. The second kappa shape index (κ2) is 9.95. The number of nitrogens with zero attached hydrogens (tertiary/aromatic N) is 1. The fraction of sp³-hybridized carbons (Fsp3) is 0.409. The number of hydrogen-bond acceptors (Lipinski definition) is 2. The maximum Gasteiger partial charge on any atom is 0.317 e. The Hall–Kier alpha value is -2.56. The van der Waals surface area contributed by atoms with Gasteiger partial charge in [-0.05, 0) is 55.2 Å². The summed E-state index contributed by atoms with van der Waals surface area (Å²) >= 11 is 0. The lowest BCUT2D eigenvalue weighted by atomic mass is 9.98. The van der Waals surface area contributed by atoms with Gasteiger partial charge in [-0.15, -0.1) is 0 Å². The van der Waals surface area contributed by atoms with E-state index < -0.39 is 0 Å². The van der Waals surface area contributed by atoms with E-state index in [9.17, 15) is 9.18 Å². The van der Waals surface area contributed by atoms with Crippen LogP contribution in [-0.2, 0) is 6.42 Å². The molecule has 0 bridgehead atoms. The van der Waals surface area contributed by atoms with Crippen LogP contribution in [0.1, 0.15) is 43.9 Å². The van der Waals surface area contributed by atoms with Gasteiger partial charge in [0.25, 0.3) is 0 Å². The first kappa shape index (κ1) is 20.7. The van der Waals surface area contributed by atoms with Crippen molar-refractivity contribution in [2.24, 2.45) is 0 Å². The van der Waals surface area contributed by atoms with Gasteiger partial charge in [0.15, 0.2) is 0 Å². The number of methoxy groups -OCH3 is 1. The molecule has 0 fully saturated rings. The molecule has 0 spiro atoms. The Morgan fingerprint density at radius 3 is 2.33 bits per heavy atom. The van der Waals surface area contributed by atoms with Crippen LogP contribution in [0.5, 0.6) is 5.75 Å². The second-order valence-corrected chi connectivity index (χ2v) is 6.85. The highest BCUT2D eigenvalue weighted by Crippen LogP contribution is 2.22. The van der Waals surface area contributed by atoms with Crippen LogP contribution in [0, 0.1) is 5.82 Å². The van der Waals surface area contributed by atoms with Crippen molar-refractivity contribution in [3.05, 3.63) is 65.5 Å². The van der Waals surface area contributed by atoms with E-state index in [1.807, 2.05) is 38.2 Å². The topological polar surface area (TPSA) is 41.6 Å². The zero-order chi connectivity index (χ0) is 19.8. The Balaban J connectivity index is 2.19. The van der Waals surface area contributed by atoms with Crippen LogP contribution in [0.15, 0.2) is 48.5 Å². The first-order chi connectivity index (χ1) is 12.9. The summed E-state index contributed by atoms with van der Waals surface area (Å²) in [5.41, 5.74) is 1.94. The maximum atomic E-state index is 13.2. The lowest BCUT2D eigenvalue weighted by Gasteiger charge is -2.28. The van der Waals surface area contributed by atoms with Crippen molar-refractivity contribution in [3.63, 3.8) is 0 Å². The molecule has 2 amide bonds. The van der Waals surface area contributed by atoms with Gasteiger partial charge in [-0.2, -0.15) is 0 Å². The van der Waals surface area contributed by atoms with E-state index in [2.05, 4.69) is 12.2 Å². The third kappa shape index (κ3) is 5.98. The summed E-state index contributed by atoms with van der Waals surface area (Å²) in [5.74, 6) is 0.496. The predicted octanol–water partition coefficient (Wildman–Crippen LogP) is 4.95. The number of rotatable bonds is 8. The van der Waals surface area contributed by atoms with Crippen molar-refractivity contribution in [2.75, 3.05) is 14.2 Å². The highest BCUT2D eigenvalue weighted by atomic mass is 19.1. The molecule has 5 heteroatoms.